The summed E-state index contributed by atoms with van der Waals surface area (Å²) in [5, 5.41) is 11.7. The van der Waals surface area contributed by atoms with Gasteiger partial charge in [-0.1, -0.05) is 68.1 Å². The lowest BCUT2D eigenvalue weighted by molar-refractivity contribution is -0.112. The van der Waals surface area contributed by atoms with Crippen molar-refractivity contribution in [2.75, 3.05) is 36.2 Å². The lowest BCUT2D eigenvalue weighted by atomic mass is 9.92. The van der Waals surface area contributed by atoms with Gasteiger partial charge in [0.25, 0.3) is 5.91 Å². The van der Waals surface area contributed by atoms with E-state index < -0.39 is 17.7 Å². The maximum Gasteiger partial charge on any atom is 0.415 e. The molecule has 0 saturated heterocycles. The predicted molar refractivity (Wildman–Crippen MR) is 179 cm³/mol. The van der Waals surface area contributed by atoms with Crippen LogP contribution in [0.4, 0.5) is 30.2 Å². The third-order valence-corrected chi connectivity index (χ3v) is 8.05. The largest absolute Gasteiger partial charge is 0.415 e. The van der Waals surface area contributed by atoms with Crippen LogP contribution in [0.5, 0.6) is 0 Å². The van der Waals surface area contributed by atoms with Crippen LogP contribution in [0.1, 0.15) is 42.5 Å². The van der Waals surface area contributed by atoms with Gasteiger partial charge in [0, 0.05) is 36.5 Å². The van der Waals surface area contributed by atoms with Crippen molar-refractivity contribution in [1.82, 2.24) is 5.32 Å². The number of hydrogen-bond donors (Lipinski definition) is 3. The minimum atomic E-state index is -4.68. The van der Waals surface area contributed by atoms with Crippen LogP contribution in [0.2, 0.25) is 0 Å². The Morgan fingerprint density at radius 2 is 1.62 bits per heavy atom. The minimum absolute atomic E-state index is 0.168. The van der Waals surface area contributed by atoms with Gasteiger partial charge in [-0.2, -0.15) is 13.2 Å². The maximum atomic E-state index is 13.5. The molecule has 0 aliphatic heterocycles. The van der Waals surface area contributed by atoms with E-state index in [1.807, 2.05) is 57.4 Å². The molecule has 5 nitrogen and oxygen atoms in total. The number of carbonyl (C=O) groups excluding carboxylic acids is 1. The van der Waals surface area contributed by atoms with E-state index >= 15 is 0 Å². The molecule has 0 spiro atoms. The third-order valence-electron chi connectivity index (χ3n) is 8.05. The Morgan fingerprint density at radius 3 is 2.29 bits per heavy atom. The van der Waals surface area contributed by atoms with Crippen molar-refractivity contribution in [1.29, 1.82) is 0 Å². The average molecular weight is 613 g/mol. The normalized spacial score (nSPS) is 14.2. The first-order valence-electron chi connectivity index (χ1n) is 15.2. The van der Waals surface area contributed by atoms with Gasteiger partial charge in [0.1, 0.15) is 5.70 Å². The van der Waals surface area contributed by atoms with Gasteiger partial charge >= 0.3 is 6.18 Å². The number of carbonyl (C=O) groups is 1. The van der Waals surface area contributed by atoms with Crippen molar-refractivity contribution in [3.63, 3.8) is 0 Å². The highest BCUT2D eigenvalue weighted by Gasteiger charge is 2.31. The topological polar surface area (TPSA) is 56.4 Å². The second kappa shape index (κ2) is 13.6. The third kappa shape index (κ3) is 7.94. The molecule has 4 aromatic rings. The Bertz CT molecular complexity index is 1720. The molecule has 0 aromatic heterocycles. The van der Waals surface area contributed by atoms with Crippen LogP contribution in [0.15, 0.2) is 109 Å². The molecule has 5 rings (SSSR count). The van der Waals surface area contributed by atoms with Gasteiger partial charge in [-0.15, -0.1) is 0 Å². The van der Waals surface area contributed by atoms with E-state index in [4.69, 9.17) is 0 Å². The predicted octanol–water partition coefficient (Wildman–Crippen LogP) is 8.61. The summed E-state index contributed by atoms with van der Waals surface area (Å²) in [6.45, 7) is 5.99. The van der Waals surface area contributed by atoms with Gasteiger partial charge in [-0.25, -0.2) is 0 Å². The first kappa shape index (κ1) is 31.9. The smallest absolute Gasteiger partial charge is 0.377 e. The quantitative estimate of drug-likeness (QED) is 0.111. The monoisotopic (exact) mass is 612 g/mol. The van der Waals surface area contributed by atoms with E-state index in [1.165, 1.54) is 12.8 Å². The first-order chi connectivity index (χ1) is 21.5. The van der Waals surface area contributed by atoms with E-state index in [0.717, 1.165) is 52.2 Å². The molecule has 1 amide bonds. The number of amides is 1. The Kier molecular flexibility index (Phi) is 9.63. The molecule has 1 aliphatic rings. The Balaban J connectivity index is 1.48. The molecule has 3 N–H and O–H groups in total. The number of anilines is 3. The summed E-state index contributed by atoms with van der Waals surface area (Å²) in [6, 6.07) is 27.1. The number of halogens is 3. The molecule has 1 fully saturated rings. The second-order valence-electron chi connectivity index (χ2n) is 11.7. The van der Waals surface area contributed by atoms with Crippen LogP contribution in [0, 0.1) is 5.92 Å². The van der Waals surface area contributed by atoms with Crippen molar-refractivity contribution in [2.45, 2.75) is 38.4 Å². The minimum Gasteiger partial charge on any atom is -0.377 e. The van der Waals surface area contributed by atoms with Gasteiger partial charge in [0.2, 0.25) is 0 Å². The zero-order chi connectivity index (χ0) is 32.1. The second-order valence-corrected chi connectivity index (χ2v) is 11.7. The number of nitrogens with zero attached hydrogens (tertiary/aromatic N) is 1. The molecule has 1 atom stereocenters. The maximum absolute atomic E-state index is 13.5. The molecule has 234 valence electrons. The fourth-order valence-electron chi connectivity index (χ4n) is 5.40. The molecular weight excluding hydrogens is 573 g/mol. The number of rotatable bonds is 12. The molecule has 0 bridgehead atoms. The van der Waals surface area contributed by atoms with Crippen LogP contribution in [0.3, 0.4) is 0 Å². The van der Waals surface area contributed by atoms with E-state index in [2.05, 4.69) is 51.7 Å². The van der Waals surface area contributed by atoms with Crippen molar-refractivity contribution < 1.29 is 18.0 Å². The van der Waals surface area contributed by atoms with Gasteiger partial charge in [-0.05, 0) is 90.2 Å². The van der Waals surface area contributed by atoms with Crippen LogP contribution in [-0.4, -0.2) is 32.7 Å². The number of alkyl halides is 3. The number of aryl methyl sites for hydroxylation is 1. The molecule has 1 saturated carbocycles. The number of hydrogen-bond acceptors (Lipinski definition) is 4. The van der Waals surface area contributed by atoms with E-state index in [1.54, 1.807) is 24.3 Å². The molecule has 4 aromatic carbocycles. The lowest BCUT2D eigenvalue weighted by Crippen LogP contribution is -2.25. The summed E-state index contributed by atoms with van der Waals surface area (Å²) < 4.78 is 40.4. The lowest BCUT2D eigenvalue weighted by Gasteiger charge is -2.24. The van der Waals surface area contributed by atoms with Gasteiger partial charge in [0.15, 0.2) is 0 Å². The molecule has 0 radical (unpaired) electrons. The Labute approximate surface area is 262 Å². The van der Waals surface area contributed by atoms with E-state index in [0.29, 0.717) is 17.3 Å². The highest BCUT2D eigenvalue weighted by molar-refractivity contribution is 6.06. The summed E-state index contributed by atoms with van der Waals surface area (Å²) in [6.07, 6.45) is -0.794. The van der Waals surface area contributed by atoms with Crippen molar-refractivity contribution in [3.8, 4) is 0 Å². The molecule has 0 heterocycles. The van der Waals surface area contributed by atoms with Gasteiger partial charge in [-0.3, -0.25) is 4.79 Å². The highest BCUT2D eigenvalue weighted by atomic mass is 19.4. The zero-order valence-corrected chi connectivity index (χ0v) is 25.8. The van der Waals surface area contributed by atoms with E-state index in [9.17, 15) is 18.0 Å². The SMILES string of the molecule is C=C(/C=C(\Nc1cccc(CC)c1)C(=O)Nc1cccc(C(NCC2CC2)c2ccc(N(C)C)c3ccccc23)c1)C(F)(F)F. The van der Waals surface area contributed by atoms with Crippen molar-refractivity contribution >= 4 is 33.7 Å². The van der Waals surface area contributed by atoms with Gasteiger partial charge < -0.3 is 20.9 Å². The van der Waals surface area contributed by atoms with Crippen LogP contribution >= 0.6 is 0 Å². The van der Waals surface area contributed by atoms with Crippen LogP contribution in [0.25, 0.3) is 10.8 Å². The summed E-state index contributed by atoms with van der Waals surface area (Å²) in [5.41, 5.74) is 3.74. The summed E-state index contributed by atoms with van der Waals surface area (Å²) in [5.74, 6) is -0.0721. The summed E-state index contributed by atoms with van der Waals surface area (Å²) >= 11 is 0. The highest BCUT2D eigenvalue weighted by Crippen LogP contribution is 2.36. The number of benzene rings is 4. The van der Waals surface area contributed by atoms with Gasteiger partial charge in [0.05, 0.1) is 11.6 Å². The number of fused-ring (bicyclic) bond motifs is 1. The summed E-state index contributed by atoms with van der Waals surface area (Å²) in [7, 11) is 4.05. The molecule has 8 heteroatoms. The molecule has 1 unspecified atom stereocenters. The van der Waals surface area contributed by atoms with Crippen LogP contribution in [-0.2, 0) is 11.2 Å². The Hall–Kier alpha value is -4.56. The fourth-order valence-corrected chi connectivity index (χ4v) is 5.40. The van der Waals surface area contributed by atoms with Crippen molar-refractivity contribution in [2.24, 2.45) is 5.92 Å². The fraction of sp³-hybridized carbons (Fsp3) is 0.270. The standard InChI is InChI=1S/C37H39F3N4O/c1-5-25-10-8-12-28(21-25)42-33(20-24(2)37(38,39)40)36(45)43-29-13-9-11-27(22-29)35(41-23-26-16-17-26)32-18-19-34(44(3)4)31-15-7-6-14-30(31)32/h6-15,18-22,26,35,41-42H,2,5,16-17,23H2,1,3-4H3,(H,43,45)/b33-20-. The summed E-state index contributed by atoms with van der Waals surface area (Å²) in [4.78, 5) is 15.6. The number of allylic oxidation sites excluding steroid dienone is 2. The van der Waals surface area contributed by atoms with E-state index in [-0.39, 0.29) is 11.7 Å². The average Bonchev–Trinajstić information content (AvgIpc) is 3.85. The Morgan fingerprint density at radius 1 is 0.933 bits per heavy atom. The molecule has 45 heavy (non-hydrogen) atoms. The molecule has 1 aliphatic carbocycles. The van der Waals surface area contributed by atoms with Crippen LogP contribution < -0.4 is 20.9 Å². The zero-order valence-electron chi connectivity index (χ0n) is 25.8. The first-order valence-corrected chi connectivity index (χ1v) is 15.2. The van der Waals surface area contributed by atoms with Crippen molar-refractivity contribution in [3.05, 3.63) is 126 Å². The number of nitrogens with one attached hydrogen (secondary N) is 3. The molecular formula is C37H39F3N4O.